The highest BCUT2D eigenvalue weighted by atomic mass is 16.5. The number of carboxylic acid groups (broad SMARTS) is 2. The fraction of sp³-hybridized carbons (Fsp3) is 0.273. The second-order valence-corrected chi connectivity index (χ2v) is 3.74. The first-order chi connectivity index (χ1) is 8.08. The first kappa shape index (κ1) is 11.3. The van der Waals surface area contributed by atoms with Crippen molar-refractivity contribution >= 4 is 17.6 Å². The van der Waals surface area contributed by atoms with Crippen LogP contribution >= 0.6 is 0 Å². The molecular weight excluding hydrogens is 226 g/mol. The van der Waals surface area contributed by atoms with Crippen molar-refractivity contribution in [2.75, 3.05) is 11.9 Å². The van der Waals surface area contributed by atoms with Crippen LogP contribution in [0, 0.1) is 0 Å². The van der Waals surface area contributed by atoms with Crippen molar-refractivity contribution in [3.63, 3.8) is 0 Å². The van der Waals surface area contributed by atoms with Crippen LogP contribution in [0.3, 0.4) is 0 Å². The van der Waals surface area contributed by atoms with E-state index in [1.807, 2.05) is 0 Å². The van der Waals surface area contributed by atoms with Crippen LogP contribution in [0.2, 0.25) is 0 Å². The normalized spacial score (nSPS) is 17.5. The first-order valence-corrected chi connectivity index (χ1v) is 5.05. The average molecular weight is 237 g/mol. The summed E-state index contributed by atoms with van der Waals surface area (Å²) in [5.41, 5.74) is 0.589. The first-order valence-electron chi connectivity index (χ1n) is 5.05. The number of carbonyl (C=O) groups is 2. The van der Waals surface area contributed by atoms with Crippen LogP contribution < -0.4 is 10.1 Å². The third-order valence-electron chi connectivity index (χ3n) is 2.45. The lowest BCUT2D eigenvalue weighted by Crippen LogP contribution is -2.34. The van der Waals surface area contributed by atoms with Crippen LogP contribution in [0.5, 0.6) is 5.75 Å². The standard InChI is InChI=1S/C11H11NO5/c13-9(14)4-6-5-17-10-7(11(15)16)2-1-3-8(10)12-6/h1-3,6,12H,4-5H2,(H,13,14)(H,15,16). The molecule has 17 heavy (non-hydrogen) atoms. The Morgan fingerprint density at radius 1 is 1.41 bits per heavy atom. The number of hydrogen-bond donors (Lipinski definition) is 3. The second-order valence-electron chi connectivity index (χ2n) is 3.74. The zero-order valence-corrected chi connectivity index (χ0v) is 8.84. The smallest absolute Gasteiger partial charge is 0.339 e. The van der Waals surface area contributed by atoms with Gasteiger partial charge in [0.25, 0.3) is 0 Å². The summed E-state index contributed by atoms with van der Waals surface area (Å²) in [5, 5.41) is 20.6. The number of ether oxygens (including phenoxy) is 1. The van der Waals surface area contributed by atoms with Gasteiger partial charge >= 0.3 is 11.9 Å². The minimum absolute atomic E-state index is 0.0727. The van der Waals surface area contributed by atoms with E-state index in [1.54, 1.807) is 12.1 Å². The molecule has 6 nitrogen and oxygen atoms in total. The number of rotatable bonds is 3. The van der Waals surface area contributed by atoms with Crippen molar-refractivity contribution < 1.29 is 24.5 Å². The van der Waals surface area contributed by atoms with Gasteiger partial charge in [0.15, 0.2) is 5.75 Å². The Balaban J connectivity index is 2.25. The number of aliphatic carboxylic acids is 1. The molecule has 0 saturated heterocycles. The van der Waals surface area contributed by atoms with Gasteiger partial charge in [-0.05, 0) is 12.1 Å². The van der Waals surface area contributed by atoms with E-state index in [0.717, 1.165) is 0 Å². The molecule has 3 N–H and O–H groups in total. The molecule has 0 bridgehead atoms. The molecule has 90 valence electrons. The molecule has 0 spiro atoms. The molecule has 0 fully saturated rings. The van der Waals surface area contributed by atoms with Gasteiger partial charge in [-0.2, -0.15) is 0 Å². The fourth-order valence-corrected chi connectivity index (χ4v) is 1.74. The monoisotopic (exact) mass is 237 g/mol. The zero-order chi connectivity index (χ0) is 12.4. The summed E-state index contributed by atoms with van der Waals surface area (Å²) in [7, 11) is 0. The van der Waals surface area contributed by atoms with Gasteiger partial charge in [-0.1, -0.05) is 6.07 Å². The predicted octanol–water partition coefficient (Wildman–Crippen LogP) is 1.03. The van der Waals surface area contributed by atoms with Crippen LogP contribution in [-0.2, 0) is 4.79 Å². The third kappa shape index (κ3) is 2.30. The van der Waals surface area contributed by atoms with Gasteiger partial charge in [0.2, 0.25) is 0 Å². The number of benzene rings is 1. The van der Waals surface area contributed by atoms with Gasteiger partial charge in [-0.25, -0.2) is 4.79 Å². The number of hydrogen-bond acceptors (Lipinski definition) is 4. The summed E-state index contributed by atoms with van der Waals surface area (Å²) in [6.45, 7) is 0.142. The van der Waals surface area contributed by atoms with Crippen LogP contribution in [0.4, 0.5) is 5.69 Å². The molecule has 6 heteroatoms. The Bertz CT molecular complexity index is 471. The third-order valence-corrected chi connectivity index (χ3v) is 2.45. The Hall–Kier alpha value is -2.24. The molecule has 0 radical (unpaired) electrons. The largest absolute Gasteiger partial charge is 0.488 e. The molecule has 0 aromatic heterocycles. The van der Waals surface area contributed by atoms with E-state index in [1.165, 1.54) is 6.07 Å². The summed E-state index contributed by atoms with van der Waals surface area (Å²) in [6, 6.07) is 4.35. The van der Waals surface area contributed by atoms with E-state index in [9.17, 15) is 9.59 Å². The van der Waals surface area contributed by atoms with Crippen LogP contribution in [-0.4, -0.2) is 34.8 Å². The van der Waals surface area contributed by atoms with E-state index in [-0.39, 0.29) is 30.4 Å². The van der Waals surface area contributed by atoms with Gasteiger partial charge in [0.05, 0.1) is 18.2 Å². The minimum atomic E-state index is -1.07. The van der Waals surface area contributed by atoms with Crippen LogP contribution in [0.1, 0.15) is 16.8 Å². The van der Waals surface area contributed by atoms with Gasteiger partial charge in [0.1, 0.15) is 12.2 Å². The Morgan fingerprint density at radius 3 is 2.82 bits per heavy atom. The van der Waals surface area contributed by atoms with Crippen LogP contribution in [0.25, 0.3) is 0 Å². The highest BCUT2D eigenvalue weighted by Crippen LogP contribution is 2.33. The number of nitrogens with one attached hydrogen (secondary N) is 1. The van der Waals surface area contributed by atoms with E-state index < -0.39 is 11.9 Å². The molecule has 1 aromatic rings. The number of aromatic carboxylic acids is 1. The molecular formula is C11H11NO5. The molecule has 1 unspecified atom stereocenters. The van der Waals surface area contributed by atoms with Gasteiger partial charge < -0.3 is 20.3 Å². The predicted molar refractivity (Wildman–Crippen MR) is 58.6 cm³/mol. The van der Waals surface area contributed by atoms with Gasteiger partial charge in [0, 0.05) is 0 Å². The molecule has 2 rings (SSSR count). The molecule has 1 heterocycles. The summed E-state index contributed by atoms with van der Waals surface area (Å²) < 4.78 is 5.32. The van der Waals surface area contributed by atoms with Gasteiger partial charge in [-0.3, -0.25) is 4.79 Å². The Kier molecular flexibility index (Phi) is 2.86. The SMILES string of the molecule is O=C(O)CC1COc2c(cccc2C(=O)O)N1. The molecule has 1 aromatic carbocycles. The minimum Gasteiger partial charge on any atom is -0.488 e. The van der Waals surface area contributed by atoms with Crippen molar-refractivity contribution in [2.24, 2.45) is 0 Å². The maximum atomic E-state index is 10.9. The van der Waals surface area contributed by atoms with Gasteiger partial charge in [-0.15, -0.1) is 0 Å². The lowest BCUT2D eigenvalue weighted by Gasteiger charge is -2.27. The molecule has 0 saturated carbocycles. The number of para-hydroxylation sites is 1. The summed E-state index contributed by atoms with van der Waals surface area (Å²) in [4.78, 5) is 21.5. The van der Waals surface area contributed by atoms with E-state index in [4.69, 9.17) is 14.9 Å². The maximum Gasteiger partial charge on any atom is 0.339 e. The molecule has 0 aliphatic carbocycles. The Labute approximate surface area is 96.8 Å². The number of anilines is 1. The second kappa shape index (κ2) is 4.32. The number of fused-ring (bicyclic) bond motifs is 1. The van der Waals surface area contributed by atoms with E-state index >= 15 is 0 Å². The van der Waals surface area contributed by atoms with Crippen molar-refractivity contribution in [1.29, 1.82) is 0 Å². The van der Waals surface area contributed by atoms with E-state index in [2.05, 4.69) is 5.32 Å². The molecule has 1 atom stereocenters. The number of carboxylic acids is 2. The van der Waals surface area contributed by atoms with Crippen molar-refractivity contribution in [3.8, 4) is 5.75 Å². The summed E-state index contributed by atoms with van der Waals surface area (Å²) >= 11 is 0. The highest BCUT2D eigenvalue weighted by molar-refractivity contribution is 5.93. The maximum absolute atomic E-state index is 10.9. The highest BCUT2D eigenvalue weighted by Gasteiger charge is 2.24. The average Bonchev–Trinajstić information content (AvgIpc) is 2.26. The molecule has 1 aliphatic heterocycles. The fourth-order valence-electron chi connectivity index (χ4n) is 1.74. The van der Waals surface area contributed by atoms with Crippen molar-refractivity contribution in [3.05, 3.63) is 23.8 Å². The Morgan fingerprint density at radius 2 is 2.18 bits per heavy atom. The quantitative estimate of drug-likeness (QED) is 0.726. The lowest BCUT2D eigenvalue weighted by molar-refractivity contribution is -0.137. The molecule has 1 aliphatic rings. The molecule has 0 amide bonds. The summed E-state index contributed by atoms with van der Waals surface area (Å²) in [6.07, 6.45) is -0.0727. The zero-order valence-electron chi connectivity index (χ0n) is 8.84. The van der Waals surface area contributed by atoms with Crippen LogP contribution in [0.15, 0.2) is 18.2 Å². The van der Waals surface area contributed by atoms with E-state index in [0.29, 0.717) is 5.69 Å². The lowest BCUT2D eigenvalue weighted by atomic mass is 10.1. The van der Waals surface area contributed by atoms with Crippen molar-refractivity contribution in [2.45, 2.75) is 12.5 Å². The summed E-state index contributed by atoms with van der Waals surface area (Å²) in [5.74, 6) is -1.73. The van der Waals surface area contributed by atoms with Crippen molar-refractivity contribution in [1.82, 2.24) is 0 Å². The topological polar surface area (TPSA) is 95.9 Å².